The highest BCUT2D eigenvalue weighted by Crippen LogP contribution is 2.37. The molecular formula is C18H24N2. The van der Waals surface area contributed by atoms with Gasteiger partial charge in [0.05, 0.1) is 0 Å². The van der Waals surface area contributed by atoms with E-state index >= 15 is 0 Å². The van der Waals surface area contributed by atoms with Crippen LogP contribution in [0.1, 0.15) is 50.7 Å². The number of rotatable bonds is 4. The number of hydrogen-bond donors (Lipinski definition) is 2. The Balaban J connectivity index is 2.50. The zero-order valence-electron chi connectivity index (χ0n) is 12.8. The minimum atomic E-state index is 0.421. The minimum Gasteiger partial charge on any atom is -0.398 e. The van der Waals surface area contributed by atoms with Crippen molar-refractivity contribution < 1.29 is 0 Å². The van der Waals surface area contributed by atoms with E-state index in [9.17, 15) is 0 Å². The van der Waals surface area contributed by atoms with E-state index in [1.165, 1.54) is 11.1 Å². The van der Waals surface area contributed by atoms with E-state index in [-0.39, 0.29) is 0 Å². The molecule has 0 bridgehead atoms. The van der Waals surface area contributed by atoms with E-state index in [4.69, 9.17) is 5.73 Å². The van der Waals surface area contributed by atoms with E-state index in [0.29, 0.717) is 11.8 Å². The SMILES string of the molecule is CC(C)c1c(N)ccc(Nc2ccccc2)c1C(C)C. The molecule has 0 aliphatic carbocycles. The summed E-state index contributed by atoms with van der Waals surface area (Å²) < 4.78 is 0. The monoisotopic (exact) mass is 268 g/mol. The molecule has 106 valence electrons. The van der Waals surface area contributed by atoms with Crippen LogP contribution >= 0.6 is 0 Å². The average molecular weight is 268 g/mol. The molecular weight excluding hydrogens is 244 g/mol. The fraction of sp³-hybridized carbons (Fsp3) is 0.333. The molecule has 2 rings (SSSR count). The van der Waals surface area contributed by atoms with Gasteiger partial charge in [-0.3, -0.25) is 0 Å². The van der Waals surface area contributed by atoms with Crippen molar-refractivity contribution in [3.63, 3.8) is 0 Å². The van der Waals surface area contributed by atoms with Crippen LogP contribution in [-0.2, 0) is 0 Å². The van der Waals surface area contributed by atoms with Crippen molar-refractivity contribution in [3.05, 3.63) is 53.6 Å². The van der Waals surface area contributed by atoms with Gasteiger partial charge in [-0.05, 0) is 47.2 Å². The van der Waals surface area contributed by atoms with Crippen LogP contribution in [0.15, 0.2) is 42.5 Å². The van der Waals surface area contributed by atoms with Crippen molar-refractivity contribution in [1.29, 1.82) is 0 Å². The lowest BCUT2D eigenvalue weighted by atomic mass is 9.87. The molecule has 20 heavy (non-hydrogen) atoms. The van der Waals surface area contributed by atoms with Gasteiger partial charge in [0, 0.05) is 17.1 Å². The van der Waals surface area contributed by atoms with Crippen molar-refractivity contribution in [2.24, 2.45) is 0 Å². The molecule has 2 heteroatoms. The third kappa shape index (κ3) is 2.96. The molecule has 2 aromatic rings. The van der Waals surface area contributed by atoms with Gasteiger partial charge in [-0.2, -0.15) is 0 Å². The van der Waals surface area contributed by atoms with Gasteiger partial charge in [-0.15, -0.1) is 0 Å². The smallest absolute Gasteiger partial charge is 0.0423 e. The maximum atomic E-state index is 6.19. The van der Waals surface area contributed by atoms with E-state index in [2.05, 4.69) is 51.2 Å². The Kier molecular flexibility index (Phi) is 4.33. The first kappa shape index (κ1) is 14.4. The van der Waals surface area contributed by atoms with Crippen LogP contribution in [0.4, 0.5) is 17.1 Å². The molecule has 0 heterocycles. The average Bonchev–Trinajstić information content (AvgIpc) is 2.41. The molecule has 0 saturated carbocycles. The van der Waals surface area contributed by atoms with Gasteiger partial charge in [0.1, 0.15) is 0 Å². The number of anilines is 3. The lowest BCUT2D eigenvalue weighted by Crippen LogP contribution is -2.07. The molecule has 0 unspecified atom stereocenters. The Morgan fingerprint density at radius 3 is 1.95 bits per heavy atom. The first-order valence-electron chi connectivity index (χ1n) is 7.25. The Morgan fingerprint density at radius 2 is 1.40 bits per heavy atom. The summed E-state index contributed by atoms with van der Waals surface area (Å²) >= 11 is 0. The Hall–Kier alpha value is -1.96. The summed E-state index contributed by atoms with van der Waals surface area (Å²) in [6, 6.07) is 14.4. The number of nitrogens with one attached hydrogen (secondary N) is 1. The van der Waals surface area contributed by atoms with Gasteiger partial charge in [0.2, 0.25) is 0 Å². The molecule has 2 nitrogen and oxygen atoms in total. The standard InChI is InChI=1S/C18H24N2/c1-12(2)17-15(19)10-11-16(18(17)13(3)4)20-14-8-6-5-7-9-14/h5-13,20H,19H2,1-4H3. The Bertz CT molecular complexity index is 571. The van der Waals surface area contributed by atoms with Crippen LogP contribution in [0.2, 0.25) is 0 Å². The van der Waals surface area contributed by atoms with Crippen molar-refractivity contribution in [3.8, 4) is 0 Å². The van der Waals surface area contributed by atoms with Crippen LogP contribution in [-0.4, -0.2) is 0 Å². The van der Waals surface area contributed by atoms with E-state index < -0.39 is 0 Å². The lowest BCUT2D eigenvalue weighted by molar-refractivity contribution is 0.795. The van der Waals surface area contributed by atoms with E-state index in [1.807, 2.05) is 24.3 Å². The second-order valence-corrected chi connectivity index (χ2v) is 5.83. The van der Waals surface area contributed by atoms with E-state index in [0.717, 1.165) is 17.1 Å². The van der Waals surface area contributed by atoms with Crippen LogP contribution < -0.4 is 11.1 Å². The van der Waals surface area contributed by atoms with Crippen LogP contribution in [0.25, 0.3) is 0 Å². The van der Waals surface area contributed by atoms with Crippen molar-refractivity contribution in [1.82, 2.24) is 0 Å². The summed E-state index contributed by atoms with van der Waals surface area (Å²) in [5, 5.41) is 3.52. The first-order chi connectivity index (χ1) is 9.50. The van der Waals surface area contributed by atoms with Crippen molar-refractivity contribution in [2.45, 2.75) is 39.5 Å². The predicted octanol–water partition coefficient (Wildman–Crippen LogP) is 5.26. The highest BCUT2D eigenvalue weighted by atomic mass is 14.9. The summed E-state index contributed by atoms with van der Waals surface area (Å²) in [4.78, 5) is 0. The third-order valence-electron chi connectivity index (χ3n) is 3.53. The lowest BCUT2D eigenvalue weighted by Gasteiger charge is -2.23. The van der Waals surface area contributed by atoms with Crippen LogP contribution in [0.5, 0.6) is 0 Å². The second-order valence-electron chi connectivity index (χ2n) is 5.83. The molecule has 2 aromatic carbocycles. The third-order valence-corrected chi connectivity index (χ3v) is 3.53. The molecule has 0 spiro atoms. The summed E-state index contributed by atoms with van der Waals surface area (Å²) in [6.07, 6.45) is 0. The second kappa shape index (κ2) is 6.00. The Morgan fingerprint density at radius 1 is 0.800 bits per heavy atom. The molecule has 0 radical (unpaired) electrons. The Labute approximate surface area is 122 Å². The highest BCUT2D eigenvalue weighted by molar-refractivity contribution is 5.70. The molecule has 0 aromatic heterocycles. The van der Waals surface area contributed by atoms with Crippen LogP contribution in [0, 0.1) is 0 Å². The number of benzene rings is 2. The van der Waals surface area contributed by atoms with Crippen molar-refractivity contribution in [2.75, 3.05) is 11.1 Å². The summed E-state index contributed by atoms with van der Waals surface area (Å²) in [5.41, 5.74) is 11.9. The van der Waals surface area contributed by atoms with Gasteiger partial charge in [0.25, 0.3) is 0 Å². The predicted molar refractivity (Wildman–Crippen MR) is 88.8 cm³/mol. The van der Waals surface area contributed by atoms with E-state index in [1.54, 1.807) is 0 Å². The maximum Gasteiger partial charge on any atom is 0.0423 e. The fourth-order valence-corrected chi connectivity index (χ4v) is 2.71. The van der Waals surface area contributed by atoms with Crippen LogP contribution in [0.3, 0.4) is 0 Å². The largest absolute Gasteiger partial charge is 0.398 e. The number of nitrogen functional groups attached to an aromatic ring is 1. The normalized spacial score (nSPS) is 11.1. The van der Waals surface area contributed by atoms with Gasteiger partial charge in [0.15, 0.2) is 0 Å². The molecule has 0 saturated heterocycles. The number of nitrogens with two attached hydrogens (primary N) is 1. The van der Waals surface area contributed by atoms with Gasteiger partial charge >= 0.3 is 0 Å². The molecule has 3 N–H and O–H groups in total. The zero-order chi connectivity index (χ0) is 14.7. The minimum absolute atomic E-state index is 0.421. The fourth-order valence-electron chi connectivity index (χ4n) is 2.71. The van der Waals surface area contributed by atoms with Gasteiger partial charge in [-0.1, -0.05) is 45.9 Å². The summed E-state index contributed by atoms with van der Waals surface area (Å²) in [5.74, 6) is 0.854. The molecule has 0 amide bonds. The topological polar surface area (TPSA) is 38.0 Å². The van der Waals surface area contributed by atoms with Crippen molar-refractivity contribution >= 4 is 17.1 Å². The zero-order valence-corrected chi connectivity index (χ0v) is 12.8. The molecule has 0 fully saturated rings. The quantitative estimate of drug-likeness (QED) is 0.742. The van der Waals surface area contributed by atoms with Gasteiger partial charge < -0.3 is 11.1 Å². The summed E-state index contributed by atoms with van der Waals surface area (Å²) in [7, 11) is 0. The van der Waals surface area contributed by atoms with Gasteiger partial charge in [-0.25, -0.2) is 0 Å². The maximum absolute atomic E-state index is 6.19. The summed E-state index contributed by atoms with van der Waals surface area (Å²) in [6.45, 7) is 8.83. The first-order valence-corrected chi connectivity index (χ1v) is 7.25. The molecule has 0 aliphatic heterocycles. The molecule has 0 atom stereocenters. The molecule has 0 aliphatic rings. The highest BCUT2D eigenvalue weighted by Gasteiger charge is 2.17. The number of hydrogen-bond acceptors (Lipinski definition) is 2. The number of para-hydroxylation sites is 1.